The number of anilines is 1. The normalized spacial score (nSPS) is 21.8. The molecule has 0 saturated heterocycles. The number of rotatable bonds is 7. The summed E-state index contributed by atoms with van der Waals surface area (Å²) in [4.78, 5) is 33.6. The van der Waals surface area contributed by atoms with E-state index in [2.05, 4.69) is 30.8 Å². The number of amides is 2. The fourth-order valence-corrected chi connectivity index (χ4v) is 5.14. The first-order chi connectivity index (χ1) is 17.9. The summed E-state index contributed by atoms with van der Waals surface area (Å²) in [5, 5.41) is 13.6. The van der Waals surface area contributed by atoms with Gasteiger partial charge in [0.25, 0.3) is 0 Å². The van der Waals surface area contributed by atoms with Crippen molar-refractivity contribution < 1.29 is 18.4 Å². The summed E-state index contributed by atoms with van der Waals surface area (Å²) in [5.74, 6) is -0.873. The van der Waals surface area contributed by atoms with Gasteiger partial charge >= 0.3 is 0 Å². The molecular formula is C26H25F2N7O2. The average molecular weight is 506 g/mol. The molecule has 7 rings (SSSR count). The summed E-state index contributed by atoms with van der Waals surface area (Å²) in [6.07, 6.45) is 9.32. The van der Waals surface area contributed by atoms with Crippen molar-refractivity contribution in [3.05, 3.63) is 41.7 Å². The molecule has 3 N–H and O–H groups in total. The van der Waals surface area contributed by atoms with Crippen molar-refractivity contribution in [2.45, 2.75) is 51.2 Å². The highest BCUT2D eigenvalue weighted by atomic mass is 19.1. The number of aromatic amines is 1. The Morgan fingerprint density at radius 3 is 2.65 bits per heavy atom. The molecule has 3 unspecified atom stereocenters. The summed E-state index contributed by atoms with van der Waals surface area (Å²) < 4.78 is 31.0. The topological polar surface area (TPSA) is 117 Å². The summed E-state index contributed by atoms with van der Waals surface area (Å²) in [7, 11) is 0. The second-order valence-corrected chi connectivity index (χ2v) is 10.5. The van der Waals surface area contributed by atoms with E-state index >= 15 is 4.39 Å². The SMILES string of the molecule is Cc1c(F)c(C(NC(=O)C2CC2)C2CC2)c2[nH]ncc2c1-c1cn2cc(NC(=O)C3CC3F)nc2cn1. The van der Waals surface area contributed by atoms with Crippen molar-refractivity contribution in [2.75, 3.05) is 5.32 Å². The van der Waals surface area contributed by atoms with E-state index in [9.17, 15) is 14.0 Å². The van der Waals surface area contributed by atoms with Crippen molar-refractivity contribution in [2.24, 2.45) is 17.8 Å². The predicted octanol–water partition coefficient (Wildman–Crippen LogP) is 3.99. The van der Waals surface area contributed by atoms with Gasteiger partial charge in [0.05, 0.1) is 41.8 Å². The molecule has 37 heavy (non-hydrogen) atoms. The minimum absolute atomic E-state index is 0.00969. The molecule has 3 fully saturated rings. The molecule has 3 aliphatic carbocycles. The highest BCUT2D eigenvalue weighted by molar-refractivity contribution is 5.98. The molecule has 11 heteroatoms. The average Bonchev–Trinajstić information content (AvgIpc) is 3.79. The number of nitrogens with zero attached hydrogens (tertiary/aromatic N) is 4. The number of fused-ring (bicyclic) bond motifs is 2. The Hall–Kier alpha value is -3.89. The molecule has 3 atom stereocenters. The van der Waals surface area contributed by atoms with E-state index in [1.54, 1.807) is 36.1 Å². The van der Waals surface area contributed by atoms with Crippen LogP contribution in [0.4, 0.5) is 14.6 Å². The first kappa shape index (κ1) is 22.3. The van der Waals surface area contributed by atoms with Crippen molar-refractivity contribution in [1.29, 1.82) is 0 Å². The van der Waals surface area contributed by atoms with Gasteiger partial charge in [-0.3, -0.25) is 19.7 Å². The van der Waals surface area contributed by atoms with Crippen LogP contribution in [0.3, 0.4) is 0 Å². The van der Waals surface area contributed by atoms with E-state index in [0.717, 1.165) is 25.7 Å². The van der Waals surface area contributed by atoms with Crippen LogP contribution >= 0.6 is 0 Å². The van der Waals surface area contributed by atoms with Gasteiger partial charge in [-0.15, -0.1) is 0 Å². The molecule has 1 aromatic carbocycles. The third kappa shape index (κ3) is 3.84. The molecule has 3 aliphatic rings. The third-order valence-corrected chi connectivity index (χ3v) is 7.67. The standard InChI is InChI=1S/C26H25F2N7O2/c1-11-20(17-9-35-10-18(31-19(35)8-29-17)32-26(37)14-6-16(14)27)15-7-30-34-24(15)21(22(11)28)23(12-2-3-12)33-25(36)13-4-5-13/h7-10,12-14,16,23H,2-6H2,1H3,(H,30,34)(H,32,37)(H,33,36). The Morgan fingerprint density at radius 1 is 1.16 bits per heavy atom. The molecule has 190 valence electrons. The fraction of sp³-hybridized carbons (Fsp3) is 0.423. The fourth-order valence-electron chi connectivity index (χ4n) is 5.14. The Labute approximate surface area is 210 Å². The summed E-state index contributed by atoms with van der Waals surface area (Å²) in [6.45, 7) is 1.71. The van der Waals surface area contributed by atoms with E-state index in [-0.39, 0.29) is 30.0 Å². The second-order valence-electron chi connectivity index (χ2n) is 10.5. The molecule has 0 bridgehead atoms. The highest BCUT2D eigenvalue weighted by Gasteiger charge is 2.44. The Bertz CT molecular complexity index is 1590. The van der Waals surface area contributed by atoms with Gasteiger partial charge in [0.1, 0.15) is 12.0 Å². The smallest absolute Gasteiger partial charge is 0.231 e. The number of halogens is 2. The summed E-state index contributed by atoms with van der Waals surface area (Å²) in [6, 6.07) is -0.408. The number of hydrogen-bond donors (Lipinski definition) is 3. The quantitative estimate of drug-likeness (QED) is 0.351. The zero-order valence-corrected chi connectivity index (χ0v) is 20.1. The maximum Gasteiger partial charge on any atom is 0.231 e. The molecule has 4 aromatic rings. The monoisotopic (exact) mass is 505 g/mol. The molecular weight excluding hydrogens is 480 g/mol. The minimum Gasteiger partial charge on any atom is -0.349 e. The van der Waals surface area contributed by atoms with Crippen LogP contribution in [0.25, 0.3) is 27.8 Å². The van der Waals surface area contributed by atoms with Gasteiger partial charge in [0.2, 0.25) is 11.8 Å². The number of carbonyl (C=O) groups is 2. The van der Waals surface area contributed by atoms with Crippen LogP contribution < -0.4 is 10.6 Å². The molecule has 0 spiro atoms. The van der Waals surface area contributed by atoms with Gasteiger partial charge in [-0.1, -0.05) is 0 Å². The first-order valence-corrected chi connectivity index (χ1v) is 12.6. The Morgan fingerprint density at radius 2 is 1.95 bits per heavy atom. The number of aromatic nitrogens is 5. The van der Waals surface area contributed by atoms with E-state index in [1.165, 1.54) is 0 Å². The number of nitrogens with one attached hydrogen (secondary N) is 3. The Balaban J connectivity index is 1.28. The van der Waals surface area contributed by atoms with Crippen LogP contribution in [0.15, 0.2) is 24.8 Å². The summed E-state index contributed by atoms with van der Waals surface area (Å²) >= 11 is 0. The molecule has 2 amide bonds. The second kappa shape index (κ2) is 8.06. The van der Waals surface area contributed by atoms with Gasteiger partial charge in [-0.25, -0.2) is 13.8 Å². The van der Waals surface area contributed by atoms with E-state index in [4.69, 9.17) is 0 Å². The van der Waals surface area contributed by atoms with Gasteiger partial charge in [0.15, 0.2) is 11.5 Å². The van der Waals surface area contributed by atoms with Gasteiger partial charge in [-0.2, -0.15) is 5.10 Å². The van der Waals surface area contributed by atoms with Gasteiger partial charge in [-0.05, 0) is 50.5 Å². The zero-order chi connectivity index (χ0) is 25.4. The van der Waals surface area contributed by atoms with Crippen LogP contribution in [0.5, 0.6) is 0 Å². The third-order valence-electron chi connectivity index (χ3n) is 7.67. The number of benzene rings is 1. The Kier molecular flexibility index (Phi) is 4.86. The molecule has 3 saturated carbocycles. The van der Waals surface area contributed by atoms with Gasteiger partial charge < -0.3 is 15.0 Å². The molecule has 9 nitrogen and oxygen atoms in total. The summed E-state index contributed by atoms with van der Waals surface area (Å²) in [5.41, 5.74) is 3.00. The maximum atomic E-state index is 16.1. The maximum absolute atomic E-state index is 16.1. The molecule has 0 aliphatic heterocycles. The number of imidazole rings is 1. The van der Waals surface area contributed by atoms with E-state index < -0.39 is 24.0 Å². The van der Waals surface area contributed by atoms with Crippen LogP contribution in [-0.2, 0) is 9.59 Å². The largest absolute Gasteiger partial charge is 0.349 e. The van der Waals surface area contributed by atoms with Crippen LogP contribution in [-0.4, -0.2) is 42.6 Å². The minimum atomic E-state index is -1.09. The molecule has 3 heterocycles. The van der Waals surface area contributed by atoms with E-state index in [1.807, 2.05) is 0 Å². The highest BCUT2D eigenvalue weighted by Crippen LogP contribution is 2.46. The number of H-pyrrole nitrogens is 1. The zero-order valence-electron chi connectivity index (χ0n) is 20.1. The van der Waals surface area contributed by atoms with Crippen LogP contribution in [0.2, 0.25) is 0 Å². The van der Waals surface area contributed by atoms with Crippen molar-refractivity contribution in [3.63, 3.8) is 0 Å². The van der Waals surface area contributed by atoms with Crippen LogP contribution in [0.1, 0.15) is 49.3 Å². The van der Waals surface area contributed by atoms with E-state index in [0.29, 0.717) is 44.8 Å². The number of hydrogen-bond acceptors (Lipinski definition) is 5. The molecule has 0 radical (unpaired) electrons. The molecule has 3 aromatic heterocycles. The lowest BCUT2D eigenvalue weighted by atomic mass is 9.91. The predicted molar refractivity (Wildman–Crippen MR) is 131 cm³/mol. The lowest BCUT2D eigenvalue weighted by molar-refractivity contribution is -0.123. The van der Waals surface area contributed by atoms with Crippen molar-refractivity contribution in [1.82, 2.24) is 29.9 Å². The lowest BCUT2D eigenvalue weighted by Crippen LogP contribution is -2.32. The van der Waals surface area contributed by atoms with Crippen molar-refractivity contribution >= 4 is 34.2 Å². The number of alkyl halides is 1. The van der Waals surface area contributed by atoms with Gasteiger partial charge in [0, 0.05) is 28.6 Å². The lowest BCUT2D eigenvalue weighted by Gasteiger charge is -2.22. The first-order valence-electron chi connectivity index (χ1n) is 12.6. The van der Waals surface area contributed by atoms with Crippen molar-refractivity contribution in [3.8, 4) is 11.3 Å². The van der Waals surface area contributed by atoms with Crippen LogP contribution in [0, 0.1) is 30.5 Å². The number of carbonyl (C=O) groups excluding carboxylic acids is 2.